The maximum absolute atomic E-state index is 13.3. The highest BCUT2D eigenvalue weighted by Gasteiger charge is 2.41. The van der Waals surface area contributed by atoms with Gasteiger partial charge in [-0.3, -0.25) is 15.8 Å². The number of nitrogens with zero attached hydrogens (tertiary/aromatic N) is 4. The van der Waals surface area contributed by atoms with Gasteiger partial charge in [0, 0.05) is 42.0 Å². The zero-order valence-corrected chi connectivity index (χ0v) is 15.8. The summed E-state index contributed by atoms with van der Waals surface area (Å²) in [6.07, 6.45) is 0.579. The molecule has 2 N–H and O–H groups in total. The smallest absolute Gasteiger partial charge is 0.264 e. The number of halogens is 3. The lowest BCUT2D eigenvalue weighted by Gasteiger charge is -2.36. The van der Waals surface area contributed by atoms with Crippen molar-refractivity contribution in [1.82, 2.24) is 30.4 Å². The zero-order chi connectivity index (χ0) is 20.2. The molecule has 0 amide bonds. The Labute approximate surface area is 165 Å². The van der Waals surface area contributed by atoms with Gasteiger partial charge >= 0.3 is 6.18 Å². The second-order valence-corrected chi connectivity index (χ2v) is 8.03. The van der Waals surface area contributed by atoms with Gasteiger partial charge in [0.2, 0.25) is 0 Å². The van der Waals surface area contributed by atoms with E-state index in [2.05, 4.69) is 32.8 Å². The van der Waals surface area contributed by atoms with Crippen LogP contribution in [0, 0.1) is 11.8 Å². The van der Waals surface area contributed by atoms with E-state index in [9.17, 15) is 13.2 Å². The largest absolute Gasteiger partial charge is 0.453 e. The van der Waals surface area contributed by atoms with Gasteiger partial charge in [-0.05, 0) is 42.9 Å². The Balaban J connectivity index is 1.69. The summed E-state index contributed by atoms with van der Waals surface area (Å²) in [6, 6.07) is 7.58. The second kappa shape index (κ2) is 6.77. The van der Waals surface area contributed by atoms with Gasteiger partial charge in [-0.15, -0.1) is 5.10 Å². The van der Waals surface area contributed by atoms with Gasteiger partial charge in [0.05, 0.1) is 5.69 Å². The third-order valence-corrected chi connectivity index (χ3v) is 6.15. The summed E-state index contributed by atoms with van der Waals surface area (Å²) in [6.45, 7) is 3.05. The van der Waals surface area contributed by atoms with E-state index in [-0.39, 0.29) is 11.6 Å². The molecule has 2 aliphatic rings. The van der Waals surface area contributed by atoms with Crippen molar-refractivity contribution in [3.8, 4) is 11.1 Å². The van der Waals surface area contributed by atoms with E-state index in [0.717, 1.165) is 36.2 Å². The molecule has 0 aromatic carbocycles. The Kier molecular flexibility index (Phi) is 4.32. The van der Waals surface area contributed by atoms with Crippen LogP contribution in [0.1, 0.15) is 37.2 Å². The van der Waals surface area contributed by atoms with Crippen LogP contribution in [0.4, 0.5) is 13.2 Å². The predicted molar refractivity (Wildman–Crippen MR) is 101 cm³/mol. The molecule has 6 nitrogen and oxygen atoms in total. The summed E-state index contributed by atoms with van der Waals surface area (Å²) in [5.41, 5.74) is 9.31. The van der Waals surface area contributed by atoms with Crippen LogP contribution in [0.5, 0.6) is 0 Å². The number of alkyl halides is 3. The summed E-state index contributed by atoms with van der Waals surface area (Å²) in [5, 5.41) is 3.88. The summed E-state index contributed by atoms with van der Waals surface area (Å²) < 4.78 is 41.3. The molecule has 9 heteroatoms. The Morgan fingerprint density at radius 2 is 2.03 bits per heavy atom. The number of pyridine rings is 2. The fourth-order valence-corrected chi connectivity index (χ4v) is 4.92. The van der Waals surface area contributed by atoms with Gasteiger partial charge in [0.15, 0.2) is 5.65 Å². The van der Waals surface area contributed by atoms with Crippen molar-refractivity contribution in [2.75, 3.05) is 6.54 Å². The molecule has 4 unspecified atom stereocenters. The maximum atomic E-state index is 13.3. The van der Waals surface area contributed by atoms with Crippen LogP contribution in [0.3, 0.4) is 0 Å². The minimum atomic E-state index is -4.58. The zero-order valence-electron chi connectivity index (χ0n) is 15.8. The Bertz CT molecular complexity index is 1030. The molecule has 0 bridgehead atoms. The fourth-order valence-electron chi connectivity index (χ4n) is 4.92. The van der Waals surface area contributed by atoms with Gasteiger partial charge in [-0.2, -0.15) is 13.2 Å². The van der Waals surface area contributed by atoms with E-state index < -0.39 is 12.0 Å². The molecule has 4 atom stereocenters. The molecular formula is C20H21F3N6. The van der Waals surface area contributed by atoms with Gasteiger partial charge in [-0.1, -0.05) is 13.0 Å². The van der Waals surface area contributed by atoms with Crippen LogP contribution in [-0.4, -0.2) is 32.2 Å². The van der Waals surface area contributed by atoms with Gasteiger partial charge in [0.25, 0.3) is 5.82 Å². The molecule has 2 fully saturated rings. The number of rotatable bonds is 2. The van der Waals surface area contributed by atoms with E-state index in [1.165, 1.54) is 4.52 Å². The van der Waals surface area contributed by atoms with Crippen molar-refractivity contribution in [3.63, 3.8) is 0 Å². The summed E-state index contributed by atoms with van der Waals surface area (Å²) in [7, 11) is 0. The van der Waals surface area contributed by atoms with Gasteiger partial charge in [0.1, 0.15) is 0 Å². The van der Waals surface area contributed by atoms with Crippen LogP contribution < -0.4 is 10.9 Å². The third kappa shape index (κ3) is 3.18. The molecule has 5 rings (SSSR count). The van der Waals surface area contributed by atoms with Gasteiger partial charge in [-0.25, -0.2) is 9.50 Å². The van der Waals surface area contributed by atoms with Crippen molar-refractivity contribution >= 4 is 5.65 Å². The lowest BCUT2D eigenvalue weighted by molar-refractivity contribution is -0.144. The number of fused-ring (bicyclic) bond motifs is 2. The van der Waals surface area contributed by atoms with Crippen LogP contribution >= 0.6 is 0 Å². The Hall–Kier alpha value is -2.52. The molecular weight excluding hydrogens is 381 g/mol. The third-order valence-electron chi connectivity index (χ3n) is 6.15. The molecule has 3 aromatic heterocycles. The number of hydrogen-bond donors (Lipinski definition) is 2. The first-order valence-electron chi connectivity index (χ1n) is 9.77. The fraction of sp³-hybridized carbons (Fsp3) is 0.450. The highest BCUT2D eigenvalue weighted by molar-refractivity contribution is 5.68. The van der Waals surface area contributed by atoms with Crippen molar-refractivity contribution < 1.29 is 13.2 Å². The van der Waals surface area contributed by atoms with Crippen LogP contribution in [0.2, 0.25) is 0 Å². The Morgan fingerprint density at radius 1 is 1.17 bits per heavy atom. The molecule has 29 heavy (non-hydrogen) atoms. The van der Waals surface area contributed by atoms with E-state index in [4.69, 9.17) is 0 Å². The quantitative estimate of drug-likeness (QED) is 0.688. The number of hydrogen-bond acceptors (Lipinski definition) is 5. The topological polar surface area (TPSA) is 67.1 Å². The van der Waals surface area contributed by atoms with Crippen LogP contribution in [0.25, 0.3) is 16.8 Å². The van der Waals surface area contributed by atoms with Crippen molar-refractivity contribution in [2.24, 2.45) is 11.8 Å². The maximum Gasteiger partial charge on any atom is 0.453 e. The minimum absolute atomic E-state index is 0.0784. The standard InChI is InChI=1S/C20H21F3N6/c1-11-7-13(8-14-10-25-27-17(11)14)18-15(12-3-2-6-24-9-12)4-5-16-26-19(20(21,22)23)28-29(16)18/h2-6,9,11,13-14,17,25,27H,7-8,10H2,1H3. The van der Waals surface area contributed by atoms with Gasteiger partial charge < -0.3 is 0 Å². The predicted octanol–water partition coefficient (Wildman–Crippen LogP) is 3.42. The average molecular weight is 402 g/mol. The first kappa shape index (κ1) is 18.5. The normalized spacial score (nSPS) is 27.3. The second-order valence-electron chi connectivity index (χ2n) is 8.03. The van der Waals surface area contributed by atoms with E-state index in [1.54, 1.807) is 18.5 Å². The molecule has 4 heterocycles. The first-order valence-corrected chi connectivity index (χ1v) is 9.77. The van der Waals surface area contributed by atoms with E-state index >= 15 is 0 Å². The first-order chi connectivity index (χ1) is 13.9. The molecule has 1 saturated carbocycles. The minimum Gasteiger partial charge on any atom is -0.264 e. The highest BCUT2D eigenvalue weighted by Crippen LogP contribution is 2.43. The molecule has 3 aromatic rings. The molecule has 1 aliphatic carbocycles. The number of aromatic nitrogens is 4. The molecule has 0 spiro atoms. The van der Waals surface area contributed by atoms with Crippen molar-refractivity contribution in [1.29, 1.82) is 0 Å². The monoisotopic (exact) mass is 402 g/mol. The van der Waals surface area contributed by atoms with E-state index in [1.807, 2.05) is 18.2 Å². The lowest BCUT2D eigenvalue weighted by Crippen LogP contribution is -2.41. The van der Waals surface area contributed by atoms with Crippen molar-refractivity contribution in [3.05, 3.63) is 48.2 Å². The molecule has 0 radical (unpaired) electrons. The Morgan fingerprint density at radius 3 is 2.79 bits per heavy atom. The highest BCUT2D eigenvalue weighted by atomic mass is 19.4. The van der Waals surface area contributed by atoms with Crippen LogP contribution in [0.15, 0.2) is 36.7 Å². The number of hydrazine groups is 1. The SMILES string of the molecule is CC1CC(c2c(-c3cccnc3)ccc3nc(C(F)(F)F)nn23)CC2CNNC12. The summed E-state index contributed by atoms with van der Waals surface area (Å²) in [4.78, 5) is 7.94. The number of nitrogens with one attached hydrogen (secondary N) is 2. The summed E-state index contributed by atoms with van der Waals surface area (Å²) in [5.74, 6) is -0.217. The summed E-state index contributed by atoms with van der Waals surface area (Å²) >= 11 is 0. The molecule has 1 aliphatic heterocycles. The van der Waals surface area contributed by atoms with E-state index in [0.29, 0.717) is 17.9 Å². The van der Waals surface area contributed by atoms with Crippen molar-refractivity contribution in [2.45, 2.75) is 37.9 Å². The average Bonchev–Trinajstić information content (AvgIpc) is 3.34. The van der Waals surface area contributed by atoms with Crippen LogP contribution in [-0.2, 0) is 6.18 Å². The molecule has 152 valence electrons. The lowest BCUT2D eigenvalue weighted by atomic mass is 9.71. The molecule has 1 saturated heterocycles.